The Balaban J connectivity index is 2.77. The van der Waals surface area contributed by atoms with Gasteiger partial charge in [-0.25, -0.2) is 0 Å². The topological polar surface area (TPSA) is 68.2 Å². The summed E-state index contributed by atoms with van der Waals surface area (Å²) in [5, 5.41) is 11.0. The molecule has 142 valence electrons. The van der Waals surface area contributed by atoms with Crippen LogP contribution in [-0.4, -0.2) is 51.7 Å². The molecular formula is C19H24INO5. The first-order chi connectivity index (χ1) is 12.3. The highest BCUT2D eigenvalue weighted by atomic mass is 127. The van der Waals surface area contributed by atoms with Crippen LogP contribution in [0.5, 0.6) is 5.75 Å². The zero-order chi connectivity index (χ0) is 19.5. The lowest BCUT2D eigenvalue weighted by molar-refractivity contribution is -0.106. The van der Waals surface area contributed by atoms with Crippen molar-refractivity contribution >= 4 is 28.9 Å². The Morgan fingerprint density at radius 3 is 2.46 bits per heavy atom. The molecule has 0 aliphatic heterocycles. The van der Waals surface area contributed by atoms with E-state index in [1.165, 1.54) is 21.3 Å². The summed E-state index contributed by atoms with van der Waals surface area (Å²) in [6.07, 6.45) is 2.64. The van der Waals surface area contributed by atoms with Crippen LogP contribution in [0.4, 0.5) is 0 Å². The van der Waals surface area contributed by atoms with Gasteiger partial charge in [-0.15, -0.1) is 0 Å². The van der Waals surface area contributed by atoms with Crippen LogP contribution in [-0.2, 0) is 31.2 Å². The SMILES string of the molecule is COC1=C(OC)C(OC)(c2cc(I)cc(CN(C)C)c2O)CC(C=O)=C1. The number of rotatable bonds is 7. The molecular weight excluding hydrogens is 449 g/mol. The minimum Gasteiger partial charge on any atom is -0.507 e. The normalized spacial score (nSPS) is 20.2. The van der Waals surface area contributed by atoms with E-state index >= 15 is 0 Å². The van der Waals surface area contributed by atoms with Crippen LogP contribution in [0.1, 0.15) is 17.5 Å². The second-order valence-electron chi connectivity index (χ2n) is 6.35. The highest BCUT2D eigenvalue weighted by molar-refractivity contribution is 14.1. The number of benzene rings is 1. The van der Waals surface area contributed by atoms with Gasteiger partial charge in [-0.3, -0.25) is 4.79 Å². The lowest BCUT2D eigenvalue weighted by Crippen LogP contribution is -2.36. The average Bonchev–Trinajstić information content (AvgIpc) is 2.62. The van der Waals surface area contributed by atoms with Crippen LogP contribution < -0.4 is 0 Å². The minimum atomic E-state index is -1.16. The fourth-order valence-corrected chi connectivity index (χ4v) is 3.95. The highest BCUT2D eigenvalue weighted by Crippen LogP contribution is 2.48. The Hall–Kier alpha value is -1.58. The summed E-state index contributed by atoms with van der Waals surface area (Å²) < 4.78 is 17.9. The van der Waals surface area contributed by atoms with Crippen LogP contribution in [0.25, 0.3) is 0 Å². The van der Waals surface area contributed by atoms with E-state index in [1.807, 2.05) is 31.1 Å². The molecule has 0 amide bonds. The maximum absolute atomic E-state index is 11.5. The second-order valence-corrected chi connectivity index (χ2v) is 7.59. The molecule has 0 saturated carbocycles. The van der Waals surface area contributed by atoms with E-state index in [-0.39, 0.29) is 12.2 Å². The van der Waals surface area contributed by atoms with Gasteiger partial charge in [0, 0.05) is 34.8 Å². The maximum atomic E-state index is 11.5. The molecule has 2 rings (SSSR count). The van der Waals surface area contributed by atoms with Crippen molar-refractivity contribution in [2.24, 2.45) is 0 Å². The first-order valence-electron chi connectivity index (χ1n) is 8.03. The molecule has 0 spiro atoms. The number of methoxy groups -OCH3 is 3. The van der Waals surface area contributed by atoms with E-state index in [0.29, 0.717) is 29.2 Å². The number of carbonyl (C=O) groups excluding carboxylic acids is 1. The zero-order valence-corrected chi connectivity index (χ0v) is 17.8. The lowest BCUT2D eigenvalue weighted by Gasteiger charge is -2.38. The first kappa shape index (κ1) is 20.7. The fourth-order valence-electron chi connectivity index (χ4n) is 3.26. The molecule has 1 aliphatic carbocycles. The number of aromatic hydroxyl groups is 1. The maximum Gasteiger partial charge on any atom is 0.174 e. The predicted molar refractivity (Wildman–Crippen MR) is 107 cm³/mol. The molecule has 0 fully saturated rings. The monoisotopic (exact) mass is 473 g/mol. The number of allylic oxidation sites excluding steroid dienone is 1. The van der Waals surface area contributed by atoms with Crippen LogP contribution in [0.15, 0.2) is 35.3 Å². The fraction of sp³-hybridized carbons (Fsp3) is 0.421. The van der Waals surface area contributed by atoms with E-state index in [1.54, 1.807) is 6.08 Å². The van der Waals surface area contributed by atoms with E-state index < -0.39 is 5.60 Å². The number of nitrogens with zero attached hydrogens (tertiary/aromatic N) is 1. The van der Waals surface area contributed by atoms with Gasteiger partial charge in [0.2, 0.25) is 0 Å². The number of phenolic OH excluding ortho intramolecular Hbond substituents is 1. The summed E-state index contributed by atoms with van der Waals surface area (Å²) in [6, 6.07) is 3.77. The number of ether oxygens (including phenoxy) is 3. The largest absolute Gasteiger partial charge is 0.507 e. The molecule has 6 nitrogen and oxygen atoms in total. The van der Waals surface area contributed by atoms with Crippen molar-refractivity contribution in [3.8, 4) is 5.75 Å². The van der Waals surface area contributed by atoms with E-state index in [4.69, 9.17) is 14.2 Å². The molecule has 1 aromatic rings. The standard InChI is InChI=1S/C19H24INO5/c1-21(2)10-13-7-14(20)8-15(17(13)23)19(26-5)9-12(11-22)6-16(24-3)18(19)25-4/h6-8,11,23H,9-10H2,1-5H3. The summed E-state index contributed by atoms with van der Waals surface area (Å²) in [5.41, 5.74) is 0.654. The number of aldehydes is 1. The lowest BCUT2D eigenvalue weighted by atomic mass is 9.80. The molecule has 1 unspecified atom stereocenters. The average molecular weight is 473 g/mol. The summed E-state index contributed by atoms with van der Waals surface area (Å²) in [6.45, 7) is 0.564. The number of hydrogen-bond acceptors (Lipinski definition) is 6. The molecule has 1 atom stereocenters. The highest BCUT2D eigenvalue weighted by Gasteiger charge is 2.46. The van der Waals surface area contributed by atoms with Crippen molar-refractivity contribution in [3.63, 3.8) is 0 Å². The Bertz CT molecular complexity index is 757. The number of phenols is 1. The molecule has 1 aliphatic rings. The summed E-state index contributed by atoms with van der Waals surface area (Å²) >= 11 is 2.20. The Morgan fingerprint density at radius 1 is 1.27 bits per heavy atom. The van der Waals surface area contributed by atoms with Gasteiger partial charge in [0.25, 0.3) is 0 Å². The van der Waals surface area contributed by atoms with Gasteiger partial charge < -0.3 is 24.2 Å². The molecule has 26 heavy (non-hydrogen) atoms. The third-order valence-corrected chi connectivity index (χ3v) is 4.98. The zero-order valence-electron chi connectivity index (χ0n) is 15.6. The smallest absolute Gasteiger partial charge is 0.174 e. The number of halogens is 1. The van der Waals surface area contributed by atoms with Crippen molar-refractivity contribution in [3.05, 3.63) is 50.0 Å². The molecule has 0 heterocycles. The molecule has 0 radical (unpaired) electrons. The van der Waals surface area contributed by atoms with Gasteiger partial charge in [-0.1, -0.05) is 0 Å². The van der Waals surface area contributed by atoms with Gasteiger partial charge in [0.15, 0.2) is 17.1 Å². The van der Waals surface area contributed by atoms with Crippen molar-refractivity contribution in [2.75, 3.05) is 35.4 Å². The van der Waals surface area contributed by atoms with Crippen LogP contribution in [0, 0.1) is 3.57 Å². The van der Waals surface area contributed by atoms with Gasteiger partial charge in [0.1, 0.15) is 12.0 Å². The first-order valence-corrected chi connectivity index (χ1v) is 9.11. The van der Waals surface area contributed by atoms with Crippen molar-refractivity contribution in [2.45, 2.75) is 18.6 Å². The van der Waals surface area contributed by atoms with E-state index in [2.05, 4.69) is 22.6 Å². The van der Waals surface area contributed by atoms with Crippen LogP contribution >= 0.6 is 22.6 Å². The van der Waals surface area contributed by atoms with Gasteiger partial charge >= 0.3 is 0 Å². The van der Waals surface area contributed by atoms with Crippen molar-refractivity contribution in [1.29, 1.82) is 0 Å². The quantitative estimate of drug-likeness (QED) is 0.486. The third kappa shape index (κ3) is 3.74. The molecule has 0 aromatic heterocycles. The van der Waals surface area contributed by atoms with Gasteiger partial charge in [0.05, 0.1) is 14.2 Å². The Labute approximate surface area is 167 Å². The van der Waals surface area contributed by atoms with E-state index in [9.17, 15) is 9.90 Å². The minimum absolute atomic E-state index is 0.123. The van der Waals surface area contributed by atoms with Crippen LogP contribution in [0.3, 0.4) is 0 Å². The summed E-state index contributed by atoms with van der Waals surface area (Å²) in [4.78, 5) is 13.5. The molecule has 1 N–H and O–H groups in total. The van der Waals surface area contributed by atoms with Crippen molar-refractivity contribution in [1.82, 2.24) is 4.90 Å². The van der Waals surface area contributed by atoms with Crippen molar-refractivity contribution < 1.29 is 24.1 Å². The third-order valence-electron chi connectivity index (χ3n) is 4.36. The number of hydrogen-bond donors (Lipinski definition) is 1. The summed E-state index contributed by atoms with van der Waals surface area (Å²) in [5.74, 6) is 0.939. The molecule has 0 bridgehead atoms. The van der Waals surface area contributed by atoms with Gasteiger partial charge in [-0.2, -0.15) is 0 Å². The van der Waals surface area contributed by atoms with E-state index in [0.717, 1.165) is 15.4 Å². The van der Waals surface area contributed by atoms with Crippen LogP contribution in [0.2, 0.25) is 0 Å². The second kappa shape index (κ2) is 8.41. The summed E-state index contributed by atoms with van der Waals surface area (Å²) in [7, 11) is 8.43. The Morgan fingerprint density at radius 2 is 1.96 bits per heavy atom. The predicted octanol–water partition coefficient (Wildman–Crippen LogP) is 2.93. The molecule has 1 aromatic carbocycles. The van der Waals surface area contributed by atoms with Gasteiger partial charge in [-0.05, 0) is 60.5 Å². The number of carbonyl (C=O) groups is 1. The molecule has 7 heteroatoms. The molecule has 0 saturated heterocycles. The Kier molecular flexibility index (Phi) is 6.70.